The molecule has 2 aromatic carbocycles. The number of halogens is 3. The van der Waals surface area contributed by atoms with Crippen molar-refractivity contribution in [2.75, 3.05) is 24.3 Å². The number of rotatable bonds is 5. The minimum absolute atomic E-state index is 0.0794. The molecule has 5 atom stereocenters. The van der Waals surface area contributed by atoms with Gasteiger partial charge >= 0.3 is 11.0 Å². The number of benzene rings is 2. The lowest BCUT2D eigenvalue weighted by Crippen LogP contribution is -2.35. The first kappa shape index (κ1) is 25.6. The van der Waals surface area contributed by atoms with Crippen molar-refractivity contribution in [3.05, 3.63) is 74.2 Å². The molecule has 2 bridgehead atoms. The number of anilines is 2. The molecule has 1 amide bonds. The van der Waals surface area contributed by atoms with Gasteiger partial charge in [-0.2, -0.15) is 13.2 Å². The van der Waals surface area contributed by atoms with Crippen LogP contribution in [0.4, 0.5) is 24.5 Å². The average molecular weight is 560 g/mol. The fourth-order valence-electron chi connectivity index (χ4n) is 6.61. The second-order valence-corrected chi connectivity index (χ2v) is 12.8. The number of alkyl halides is 3. The number of hydrogen-bond acceptors (Lipinski definition) is 5. The minimum atomic E-state index is -4.59. The highest BCUT2D eigenvalue weighted by molar-refractivity contribution is 8.00. The Kier molecular flexibility index (Phi) is 6.38. The number of nitrogens with one attached hydrogen (secondary N) is 1. The van der Waals surface area contributed by atoms with Crippen LogP contribution in [0.2, 0.25) is 0 Å². The topological polar surface area (TPSA) is 54.3 Å². The monoisotopic (exact) mass is 559 g/mol. The van der Waals surface area contributed by atoms with Gasteiger partial charge in [0.2, 0.25) is 5.91 Å². The van der Waals surface area contributed by atoms with Gasteiger partial charge in [-0.3, -0.25) is 14.2 Å². The van der Waals surface area contributed by atoms with E-state index in [1.54, 1.807) is 11.8 Å². The second kappa shape index (κ2) is 9.48. The standard InChI is InChI=1S/C28H28F3N3O2S2/c1-33(2)18-11-9-15(10-12-18)22-23-16-7-8-17(13-16)24(23)37-26-25(22)38-27(36)34(26)14-21(35)32-20-6-4-3-5-19(20)28(29,30)31/h3-6,9-12,16-17,22-24H,7-8,13-14H2,1-2H3,(H,32,35)/t16?,17?,22-,23?,24?/m0/s1. The number of hydrogen-bond donors (Lipinski definition) is 1. The van der Waals surface area contributed by atoms with Crippen LogP contribution in [0, 0.1) is 17.8 Å². The molecule has 200 valence electrons. The lowest BCUT2D eigenvalue weighted by atomic mass is 9.75. The van der Waals surface area contributed by atoms with Gasteiger partial charge in [0.1, 0.15) is 6.54 Å². The third kappa shape index (κ3) is 4.35. The number of para-hydroxylation sites is 1. The molecular formula is C28H28F3N3O2S2. The summed E-state index contributed by atoms with van der Waals surface area (Å²) in [4.78, 5) is 29.0. The normalized spacial score (nSPS) is 25.7. The number of aromatic nitrogens is 1. The van der Waals surface area contributed by atoms with Crippen LogP contribution < -0.4 is 15.1 Å². The largest absolute Gasteiger partial charge is 0.418 e. The van der Waals surface area contributed by atoms with E-state index in [0.29, 0.717) is 23.0 Å². The maximum atomic E-state index is 13.4. The Morgan fingerprint density at radius 1 is 1.08 bits per heavy atom. The van der Waals surface area contributed by atoms with Crippen molar-refractivity contribution in [1.82, 2.24) is 4.57 Å². The van der Waals surface area contributed by atoms with E-state index in [1.807, 2.05) is 14.1 Å². The zero-order valence-corrected chi connectivity index (χ0v) is 22.6. The van der Waals surface area contributed by atoms with Gasteiger partial charge < -0.3 is 10.2 Å². The van der Waals surface area contributed by atoms with Crippen LogP contribution in [0.25, 0.3) is 0 Å². The number of thiazole rings is 1. The zero-order chi connectivity index (χ0) is 26.8. The Morgan fingerprint density at radius 2 is 1.79 bits per heavy atom. The molecule has 4 unspecified atom stereocenters. The molecule has 5 nitrogen and oxygen atoms in total. The highest BCUT2D eigenvalue weighted by atomic mass is 32.2. The molecule has 2 aliphatic carbocycles. The van der Waals surface area contributed by atoms with Crippen LogP contribution in [0.1, 0.15) is 41.2 Å². The first-order valence-electron chi connectivity index (χ1n) is 12.8. The fraction of sp³-hybridized carbons (Fsp3) is 0.429. The lowest BCUT2D eigenvalue weighted by Gasteiger charge is -2.40. The van der Waals surface area contributed by atoms with E-state index >= 15 is 0 Å². The van der Waals surface area contributed by atoms with Gasteiger partial charge in [0.15, 0.2) is 0 Å². The smallest absolute Gasteiger partial charge is 0.378 e. The molecule has 2 heterocycles. The minimum Gasteiger partial charge on any atom is -0.378 e. The maximum Gasteiger partial charge on any atom is 0.418 e. The molecule has 1 N–H and O–H groups in total. The molecule has 2 fully saturated rings. The number of carbonyl (C=O) groups excluding carboxylic acids is 1. The predicted molar refractivity (Wildman–Crippen MR) is 145 cm³/mol. The maximum absolute atomic E-state index is 13.4. The lowest BCUT2D eigenvalue weighted by molar-refractivity contribution is -0.137. The molecule has 0 radical (unpaired) electrons. The van der Waals surface area contributed by atoms with Crippen LogP contribution in [-0.2, 0) is 17.5 Å². The fourth-order valence-corrected chi connectivity index (χ4v) is 9.76. The van der Waals surface area contributed by atoms with Gasteiger partial charge in [0.25, 0.3) is 0 Å². The highest BCUT2D eigenvalue weighted by Gasteiger charge is 2.55. The first-order valence-corrected chi connectivity index (χ1v) is 14.4. The van der Waals surface area contributed by atoms with Crippen LogP contribution in [0.15, 0.2) is 58.4 Å². The Labute approximate surface area is 227 Å². The van der Waals surface area contributed by atoms with E-state index in [9.17, 15) is 22.8 Å². The third-order valence-corrected chi connectivity index (χ3v) is 11.1. The van der Waals surface area contributed by atoms with Crippen molar-refractivity contribution < 1.29 is 18.0 Å². The number of thioether (sulfide) groups is 1. The van der Waals surface area contributed by atoms with Crippen molar-refractivity contribution in [3.63, 3.8) is 0 Å². The summed E-state index contributed by atoms with van der Waals surface area (Å²) in [6.45, 7) is -0.318. The molecule has 2 saturated carbocycles. The predicted octanol–water partition coefficient (Wildman–Crippen LogP) is 6.29. The van der Waals surface area contributed by atoms with Crippen LogP contribution >= 0.6 is 23.1 Å². The van der Waals surface area contributed by atoms with E-state index in [4.69, 9.17) is 0 Å². The quantitative estimate of drug-likeness (QED) is 0.400. The van der Waals surface area contributed by atoms with Crippen LogP contribution in [-0.4, -0.2) is 29.8 Å². The second-order valence-electron chi connectivity index (χ2n) is 10.7. The first-order chi connectivity index (χ1) is 18.1. The molecule has 38 heavy (non-hydrogen) atoms. The molecule has 1 aromatic heterocycles. The van der Waals surface area contributed by atoms with E-state index in [-0.39, 0.29) is 23.0 Å². The van der Waals surface area contributed by atoms with Crippen molar-refractivity contribution >= 4 is 40.4 Å². The van der Waals surface area contributed by atoms with Gasteiger partial charge in [0, 0.05) is 35.8 Å². The Bertz CT molecular complexity index is 1430. The Hall–Kier alpha value is -2.72. The van der Waals surface area contributed by atoms with Crippen LogP contribution in [0.3, 0.4) is 0 Å². The molecule has 0 spiro atoms. The summed E-state index contributed by atoms with van der Waals surface area (Å²) >= 11 is 2.88. The summed E-state index contributed by atoms with van der Waals surface area (Å²) < 4.78 is 41.8. The van der Waals surface area contributed by atoms with Gasteiger partial charge in [-0.05, 0) is 66.8 Å². The van der Waals surface area contributed by atoms with E-state index < -0.39 is 17.6 Å². The summed E-state index contributed by atoms with van der Waals surface area (Å²) in [5.74, 6) is 1.08. The Morgan fingerprint density at radius 3 is 2.50 bits per heavy atom. The summed E-state index contributed by atoms with van der Waals surface area (Å²) in [5, 5.41) is 3.56. The van der Waals surface area contributed by atoms with Gasteiger partial charge in [-0.25, -0.2) is 0 Å². The molecular weight excluding hydrogens is 531 g/mol. The van der Waals surface area contributed by atoms with Crippen molar-refractivity contribution in [2.45, 2.75) is 48.2 Å². The van der Waals surface area contributed by atoms with E-state index in [1.165, 1.54) is 58.9 Å². The molecule has 10 heteroatoms. The van der Waals surface area contributed by atoms with Crippen LogP contribution in [0.5, 0.6) is 0 Å². The Balaban J connectivity index is 1.35. The number of nitrogens with zero attached hydrogens (tertiary/aromatic N) is 2. The van der Waals surface area contributed by atoms with E-state index in [0.717, 1.165) is 21.7 Å². The van der Waals surface area contributed by atoms with Gasteiger partial charge in [0.05, 0.1) is 16.3 Å². The van der Waals surface area contributed by atoms with Gasteiger partial charge in [-0.15, -0.1) is 11.8 Å². The highest BCUT2D eigenvalue weighted by Crippen LogP contribution is 2.64. The molecule has 6 rings (SSSR count). The third-order valence-electron chi connectivity index (χ3n) is 8.27. The summed E-state index contributed by atoms with van der Waals surface area (Å²) in [5.41, 5.74) is 1.07. The molecule has 1 aliphatic heterocycles. The van der Waals surface area contributed by atoms with Crippen molar-refractivity contribution in [1.29, 1.82) is 0 Å². The van der Waals surface area contributed by atoms with Crippen molar-refractivity contribution in [3.8, 4) is 0 Å². The number of fused-ring (bicyclic) bond motifs is 6. The molecule has 0 saturated heterocycles. The number of carbonyl (C=O) groups is 1. The van der Waals surface area contributed by atoms with E-state index in [2.05, 4.69) is 34.5 Å². The average Bonchev–Trinajstić information content (AvgIpc) is 3.57. The van der Waals surface area contributed by atoms with Gasteiger partial charge in [-0.1, -0.05) is 35.6 Å². The summed E-state index contributed by atoms with van der Waals surface area (Å²) in [7, 11) is 4.00. The molecule has 3 aromatic rings. The zero-order valence-electron chi connectivity index (χ0n) is 21.0. The number of amides is 1. The summed E-state index contributed by atoms with van der Waals surface area (Å²) in [6.07, 6.45) is -0.999. The molecule has 3 aliphatic rings. The van der Waals surface area contributed by atoms with Crippen molar-refractivity contribution in [2.24, 2.45) is 17.8 Å². The summed E-state index contributed by atoms with van der Waals surface area (Å²) in [6, 6.07) is 13.4. The SMILES string of the molecule is CN(C)c1ccc([C@@H]2c3sc(=O)n(CC(=O)Nc4ccccc4C(F)(F)F)c3SC3C4CCC(C4)C32)cc1.